The van der Waals surface area contributed by atoms with Crippen LogP contribution in [0.1, 0.15) is 18.5 Å². The van der Waals surface area contributed by atoms with Crippen molar-refractivity contribution in [2.75, 3.05) is 18.9 Å². The van der Waals surface area contributed by atoms with E-state index in [-0.39, 0.29) is 6.04 Å². The van der Waals surface area contributed by atoms with Crippen molar-refractivity contribution < 1.29 is 9.47 Å². The van der Waals surface area contributed by atoms with Gasteiger partial charge in [-0.1, -0.05) is 0 Å². The van der Waals surface area contributed by atoms with E-state index < -0.39 is 0 Å². The SMILES string of the molecule is CCOc1cc(N)c2c(c1)[C@@H](N)CO2. The average molecular weight is 194 g/mol. The number of hydrogen-bond acceptors (Lipinski definition) is 4. The fourth-order valence-corrected chi connectivity index (χ4v) is 1.60. The quantitative estimate of drug-likeness (QED) is 0.690. The summed E-state index contributed by atoms with van der Waals surface area (Å²) >= 11 is 0. The molecule has 0 amide bonds. The van der Waals surface area contributed by atoms with Crippen LogP contribution in [0.4, 0.5) is 5.69 Å². The molecule has 1 aromatic rings. The van der Waals surface area contributed by atoms with Crippen LogP contribution < -0.4 is 20.9 Å². The van der Waals surface area contributed by atoms with Gasteiger partial charge in [0.05, 0.1) is 18.3 Å². The first-order valence-electron chi connectivity index (χ1n) is 4.67. The van der Waals surface area contributed by atoms with E-state index >= 15 is 0 Å². The van der Waals surface area contributed by atoms with Gasteiger partial charge in [0.25, 0.3) is 0 Å². The number of hydrogen-bond donors (Lipinski definition) is 2. The van der Waals surface area contributed by atoms with E-state index in [9.17, 15) is 0 Å². The Bertz CT molecular complexity index is 352. The molecule has 0 spiro atoms. The summed E-state index contributed by atoms with van der Waals surface area (Å²) in [6, 6.07) is 3.57. The highest BCUT2D eigenvalue weighted by molar-refractivity contribution is 5.63. The van der Waals surface area contributed by atoms with Gasteiger partial charge in [-0.15, -0.1) is 0 Å². The Balaban J connectivity index is 2.42. The van der Waals surface area contributed by atoms with Crippen LogP contribution in [0.15, 0.2) is 12.1 Å². The van der Waals surface area contributed by atoms with Gasteiger partial charge in [0.15, 0.2) is 0 Å². The van der Waals surface area contributed by atoms with Gasteiger partial charge in [-0.05, 0) is 13.0 Å². The molecule has 1 aliphatic rings. The fraction of sp³-hybridized carbons (Fsp3) is 0.400. The first-order valence-corrected chi connectivity index (χ1v) is 4.67. The minimum Gasteiger partial charge on any atom is -0.494 e. The van der Waals surface area contributed by atoms with Crippen LogP contribution in [0.3, 0.4) is 0 Å². The zero-order valence-electron chi connectivity index (χ0n) is 8.12. The Morgan fingerprint density at radius 2 is 2.36 bits per heavy atom. The molecular weight excluding hydrogens is 180 g/mol. The van der Waals surface area contributed by atoms with E-state index in [1.54, 1.807) is 6.07 Å². The molecule has 0 saturated heterocycles. The largest absolute Gasteiger partial charge is 0.494 e. The smallest absolute Gasteiger partial charge is 0.147 e. The van der Waals surface area contributed by atoms with Gasteiger partial charge in [-0.3, -0.25) is 0 Å². The number of anilines is 1. The molecule has 1 heterocycles. The fourth-order valence-electron chi connectivity index (χ4n) is 1.60. The highest BCUT2D eigenvalue weighted by atomic mass is 16.5. The third-order valence-corrected chi connectivity index (χ3v) is 2.24. The maximum Gasteiger partial charge on any atom is 0.147 e. The lowest BCUT2D eigenvalue weighted by Gasteiger charge is -2.08. The number of benzene rings is 1. The van der Waals surface area contributed by atoms with Gasteiger partial charge in [0.2, 0.25) is 0 Å². The van der Waals surface area contributed by atoms with Gasteiger partial charge in [0, 0.05) is 11.6 Å². The molecule has 14 heavy (non-hydrogen) atoms. The highest BCUT2D eigenvalue weighted by Gasteiger charge is 2.23. The van der Waals surface area contributed by atoms with Crippen molar-refractivity contribution >= 4 is 5.69 Å². The Morgan fingerprint density at radius 3 is 3.07 bits per heavy atom. The Kier molecular flexibility index (Phi) is 2.21. The van der Waals surface area contributed by atoms with Gasteiger partial charge < -0.3 is 20.9 Å². The second kappa shape index (κ2) is 3.38. The lowest BCUT2D eigenvalue weighted by atomic mass is 10.1. The summed E-state index contributed by atoms with van der Waals surface area (Å²) in [7, 11) is 0. The van der Waals surface area contributed by atoms with E-state index in [2.05, 4.69) is 0 Å². The molecule has 0 bridgehead atoms. The van der Waals surface area contributed by atoms with Crippen LogP contribution in [0, 0.1) is 0 Å². The summed E-state index contributed by atoms with van der Waals surface area (Å²) < 4.78 is 10.7. The molecule has 2 rings (SSSR count). The molecule has 0 fully saturated rings. The summed E-state index contributed by atoms with van der Waals surface area (Å²) in [6.45, 7) is 3.04. The molecule has 0 unspecified atom stereocenters. The first kappa shape index (κ1) is 9.15. The molecule has 4 heteroatoms. The normalized spacial score (nSPS) is 18.9. The minimum atomic E-state index is -0.0901. The summed E-state index contributed by atoms with van der Waals surface area (Å²) in [5.41, 5.74) is 13.2. The molecule has 1 aliphatic heterocycles. The molecule has 0 radical (unpaired) electrons. The first-order chi connectivity index (χ1) is 6.72. The van der Waals surface area contributed by atoms with Crippen molar-refractivity contribution in [1.29, 1.82) is 0 Å². The van der Waals surface area contributed by atoms with Crippen molar-refractivity contribution in [3.63, 3.8) is 0 Å². The molecule has 4 N–H and O–H groups in total. The zero-order valence-corrected chi connectivity index (χ0v) is 8.12. The molecule has 76 valence electrons. The minimum absolute atomic E-state index is 0.0901. The summed E-state index contributed by atoms with van der Waals surface area (Å²) in [6.07, 6.45) is 0. The lowest BCUT2D eigenvalue weighted by molar-refractivity contribution is 0.334. The van der Waals surface area contributed by atoms with Crippen LogP contribution in [0.5, 0.6) is 11.5 Å². The molecular formula is C10H14N2O2. The molecule has 0 aromatic heterocycles. The molecule has 1 atom stereocenters. The third kappa shape index (κ3) is 1.37. The Labute approximate surface area is 82.8 Å². The third-order valence-electron chi connectivity index (χ3n) is 2.24. The van der Waals surface area contributed by atoms with Crippen molar-refractivity contribution in [2.45, 2.75) is 13.0 Å². The van der Waals surface area contributed by atoms with Gasteiger partial charge in [-0.25, -0.2) is 0 Å². The van der Waals surface area contributed by atoms with Gasteiger partial charge >= 0.3 is 0 Å². The number of nitrogens with two attached hydrogens (primary N) is 2. The number of nitrogen functional groups attached to an aromatic ring is 1. The van der Waals surface area contributed by atoms with E-state index in [4.69, 9.17) is 20.9 Å². The van der Waals surface area contributed by atoms with E-state index in [0.717, 1.165) is 11.3 Å². The van der Waals surface area contributed by atoms with Crippen molar-refractivity contribution in [2.24, 2.45) is 5.73 Å². The number of rotatable bonds is 2. The Hall–Kier alpha value is -1.42. The van der Waals surface area contributed by atoms with E-state index in [1.165, 1.54) is 0 Å². The van der Waals surface area contributed by atoms with Gasteiger partial charge in [0.1, 0.15) is 18.1 Å². The van der Waals surface area contributed by atoms with Crippen LogP contribution in [0.2, 0.25) is 0 Å². The molecule has 1 aromatic carbocycles. The molecule has 0 saturated carbocycles. The van der Waals surface area contributed by atoms with Crippen LogP contribution in [-0.2, 0) is 0 Å². The van der Waals surface area contributed by atoms with E-state index in [0.29, 0.717) is 24.7 Å². The van der Waals surface area contributed by atoms with Crippen LogP contribution >= 0.6 is 0 Å². The summed E-state index contributed by atoms with van der Waals surface area (Å²) in [5, 5.41) is 0. The summed E-state index contributed by atoms with van der Waals surface area (Å²) in [5.74, 6) is 1.46. The molecule has 4 nitrogen and oxygen atoms in total. The maximum absolute atomic E-state index is 5.84. The maximum atomic E-state index is 5.84. The lowest BCUT2D eigenvalue weighted by Crippen LogP contribution is -2.10. The van der Waals surface area contributed by atoms with Crippen molar-refractivity contribution in [3.8, 4) is 11.5 Å². The topological polar surface area (TPSA) is 70.5 Å². The Morgan fingerprint density at radius 1 is 1.57 bits per heavy atom. The van der Waals surface area contributed by atoms with Crippen LogP contribution in [0.25, 0.3) is 0 Å². The highest BCUT2D eigenvalue weighted by Crippen LogP contribution is 2.39. The monoisotopic (exact) mass is 194 g/mol. The summed E-state index contributed by atoms with van der Waals surface area (Å²) in [4.78, 5) is 0. The van der Waals surface area contributed by atoms with Gasteiger partial charge in [-0.2, -0.15) is 0 Å². The standard InChI is InChI=1S/C10H14N2O2/c1-2-13-6-3-7-9(12)5-14-10(7)8(11)4-6/h3-4,9H,2,5,11-12H2,1H3/t9-/m0/s1. The average Bonchev–Trinajstić information content (AvgIpc) is 2.49. The van der Waals surface area contributed by atoms with Crippen molar-refractivity contribution in [1.82, 2.24) is 0 Å². The predicted octanol–water partition coefficient (Wildman–Crippen LogP) is 1.06. The second-order valence-electron chi connectivity index (χ2n) is 3.28. The predicted molar refractivity (Wildman–Crippen MR) is 54.4 cm³/mol. The molecule has 0 aliphatic carbocycles. The number of ether oxygens (including phenoxy) is 2. The zero-order chi connectivity index (χ0) is 10.1. The second-order valence-corrected chi connectivity index (χ2v) is 3.28. The van der Waals surface area contributed by atoms with Crippen molar-refractivity contribution in [3.05, 3.63) is 17.7 Å². The van der Waals surface area contributed by atoms with E-state index in [1.807, 2.05) is 13.0 Å². The number of fused-ring (bicyclic) bond motifs is 1. The van der Waals surface area contributed by atoms with Crippen LogP contribution in [-0.4, -0.2) is 13.2 Å².